The Labute approximate surface area is 125 Å². The Balaban J connectivity index is 1.95. The summed E-state index contributed by atoms with van der Waals surface area (Å²) in [6.07, 6.45) is 3.36. The van der Waals surface area contributed by atoms with Gasteiger partial charge in [0.2, 0.25) is 5.91 Å². The van der Waals surface area contributed by atoms with Gasteiger partial charge in [-0.3, -0.25) is 14.5 Å². The summed E-state index contributed by atoms with van der Waals surface area (Å²) in [7, 11) is 0. The van der Waals surface area contributed by atoms with Crippen LogP contribution in [0.4, 0.5) is 5.69 Å². The maximum Gasteiger partial charge on any atom is 0.238 e. The van der Waals surface area contributed by atoms with Crippen molar-refractivity contribution in [1.82, 2.24) is 4.90 Å². The third-order valence-electron chi connectivity index (χ3n) is 3.92. The molecule has 1 saturated heterocycles. The zero-order valence-electron chi connectivity index (χ0n) is 12.5. The summed E-state index contributed by atoms with van der Waals surface area (Å²) in [6, 6.07) is 7.31. The van der Waals surface area contributed by atoms with Crippen molar-refractivity contribution in [1.29, 1.82) is 0 Å². The van der Waals surface area contributed by atoms with Gasteiger partial charge in [0.1, 0.15) is 0 Å². The molecule has 3 N–H and O–H groups in total. The van der Waals surface area contributed by atoms with Crippen LogP contribution in [0.1, 0.15) is 36.5 Å². The lowest BCUT2D eigenvalue weighted by molar-refractivity contribution is -0.118. The molecule has 0 radical (unpaired) electrons. The second kappa shape index (κ2) is 7.33. The number of ketones is 1. The van der Waals surface area contributed by atoms with Gasteiger partial charge in [0.15, 0.2) is 5.78 Å². The van der Waals surface area contributed by atoms with Crippen LogP contribution in [0.25, 0.3) is 0 Å². The van der Waals surface area contributed by atoms with Crippen molar-refractivity contribution in [3.63, 3.8) is 0 Å². The first kappa shape index (κ1) is 15.7. The van der Waals surface area contributed by atoms with E-state index in [1.807, 2.05) is 0 Å². The maximum absolute atomic E-state index is 12.1. The van der Waals surface area contributed by atoms with Crippen molar-refractivity contribution >= 4 is 17.4 Å². The summed E-state index contributed by atoms with van der Waals surface area (Å²) >= 11 is 0. The fourth-order valence-corrected chi connectivity index (χ4v) is 2.74. The van der Waals surface area contributed by atoms with Crippen LogP contribution < -0.4 is 11.1 Å². The molecule has 0 aliphatic carbocycles. The van der Waals surface area contributed by atoms with E-state index in [0.717, 1.165) is 19.4 Å². The summed E-state index contributed by atoms with van der Waals surface area (Å²) in [4.78, 5) is 25.6. The average Bonchev–Trinajstić information content (AvgIpc) is 2.48. The first-order valence-electron chi connectivity index (χ1n) is 7.45. The number of nitrogens with zero attached hydrogens (tertiary/aromatic N) is 1. The second-order valence-electron chi connectivity index (χ2n) is 5.54. The number of carbonyl (C=O) groups excluding carboxylic acids is 2. The minimum atomic E-state index is -0.0592. The van der Waals surface area contributed by atoms with Crippen molar-refractivity contribution in [2.24, 2.45) is 5.73 Å². The fourth-order valence-electron chi connectivity index (χ4n) is 2.74. The number of hydrogen-bond donors (Lipinski definition) is 2. The number of rotatable bonds is 5. The van der Waals surface area contributed by atoms with Crippen LogP contribution >= 0.6 is 0 Å². The molecular weight excluding hydrogens is 266 g/mol. The van der Waals surface area contributed by atoms with Gasteiger partial charge in [-0.05, 0) is 38.4 Å². The Bertz CT molecular complexity index is 516. The molecule has 1 aliphatic heterocycles. The maximum atomic E-state index is 12.1. The highest BCUT2D eigenvalue weighted by molar-refractivity contribution is 5.97. The quantitative estimate of drug-likeness (QED) is 0.808. The molecule has 5 nitrogen and oxygen atoms in total. The predicted molar refractivity (Wildman–Crippen MR) is 83.3 cm³/mol. The highest BCUT2D eigenvalue weighted by Crippen LogP contribution is 2.16. The molecule has 1 heterocycles. The zero-order chi connectivity index (χ0) is 15.2. The second-order valence-corrected chi connectivity index (χ2v) is 5.54. The summed E-state index contributed by atoms with van der Waals surface area (Å²) in [5.41, 5.74) is 7.03. The lowest BCUT2D eigenvalue weighted by Crippen LogP contribution is -2.47. The molecule has 1 fully saturated rings. The molecule has 1 atom stereocenters. The van der Waals surface area contributed by atoms with E-state index in [-0.39, 0.29) is 11.7 Å². The molecule has 0 spiro atoms. The van der Waals surface area contributed by atoms with Gasteiger partial charge in [-0.2, -0.15) is 0 Å². The monoisotopic (exact) mass is 289 g/mol. The molecule has 1 aromatic carbocycles. The lowest BCUT2D eigenvalue weighted by Gasteiger charge is -2.34. The number of anilines is 1. The highest BCUT2D eigenvalue weighted by atomic mass is 16.2. The standard InChI is InChI=1S/C16H23N3O2/c1-12(20)13-5-4-6-14(9-13)18-16(21)11-19-8-3-2-7-15(19)10-17/h4-6,9,15H,2-3,7-8,10-11,17H2,1H3,(H,18,21). The van der Waals surface area contributed by atoms with Crippen molar-refractivity contribution < 1.29 is 9.59 Å². The van der Waals surface area contributed by atoms with Gasteiger partial charge in [0.05, 0.1) is 6.54 Å². The molecule has 5 heteroatoms. The summed E-state index contributed by atoms with van der Waals surface area (Å²) < 4.78 is 0. The summed E-state index contributed by atoms with van der Waals surface area (Å²) in [6.45, 7) is 3.38. The van der Waals surface area contributed by atoms with Gasteiger partial charge < -0.3 is 11.1 Å². The average molecular weight is 289 g/mol. The van der Waals surface area contributed by atoms with Gasteiger partial charge in [0.25, 0.3) is 0 Å². The van der Waals surface area contributed by atoms with Gasteiger partial charge in [-0.1, -0.05) is 18.6 Å². The van der Waals surface area contributed by atoms with E-state index < -0.39 is 0 Å². The van der Waals surface area contributed by atoms with Gasteiger partial charge >= 0.3 is 0 Å². The van der Waals surface area contributed by atoms with E-state index in [9.17, 15) is 9.59 Å². The minimum absolute atomic E-state index is 0.00896. The SMILES string of the molecule is CC(=O)c1cccc(NC(=O)CN2CCCCC2CN)c1. The molecule has 1 aliphatic rings. The first-order chi connectivity index (χ1) is 10.1. The van der Waals surface area contributed by atoms with Crippen LogP contribution in [0.15, 0.2) is 24.3 Å². The number of nitrogens with two attached hydrogens (primary N) is 1. The van der Waals surface area contributed by atoms with Crippen molar-refractivity contribution in [2.45, 2.75) is 32.2 Å². The first-order valence-corrected chi connectivity index (χ1v) is 7.45. The number of piperidine rings is 1. The Hall–Kier alpha value is -1.72. The van der Waals surface area contributed by atoms with Crippen LogP contribution in [0, 0.1) is 0 Å². The van der Waals surface area contributed by atoms with Crippen LogP contribution in [0.2, 0.25) is 0 Å². The largest absolute Gasteiger partial charge is 0.329 e. The normalized spacial score (nSPS) is 19.2. The molecule has 2 rings (SSSR count). The van der Waals surface area contributed by atoms with E-state index in [0.29, 0.717) is 30.4 Å². The van der Waals surface area contributed by atoms with Gasteiger partial charge in [0, 0.05) is 23.8 Å². The van der Waals surface area contributed by atoms with Crippen LogP contribution in [0.5, 0.6) is 0 Å². The van der Waals surface area contributed by atoms with Crippen LogP contribution in [0.3, 0.4) is 0 Å². The lowest BCUT2D eigenvalue weighted by atomic mass is 10.0. The Morgan fingerprint density at radius 3 is 2.90 bits per heavy atom. The molecule has 1 aromatic rings. The highest BCUT2D eigenvalue weighted by Gasteiger charge is 2.22. The van der Waals surface area contributed by atoms with Crippen molar-refractivity contribution in [3.05, 3.63) is 29.8 Å². The number of hydrogen-bond acceptors (Lipinski definition) is 4. The van der Waals surface area contributed by atoms with E-state index in [4.69, 9.17) is 5.73 Å². The number of Topliss-reactive ketones (excluding diaryl/α,β-unsaturated/α-hetero) is 1. The summed E-state index contributed by atoms with van der Waals surface area (Å²) in [5, 5.41) is 2.86. The van der Waals surface area contributed by atoms with Crippen LogP contribution in [-0.4, -0.2) is 42.3 Å². The molecule has 1 unspecified atom stereocenters. The fraction of sp³-hybridized carbons (Fsp3) is 0.500. The predicted octanol–water partition coefficient (Wildman–Crippen LogP) is 1.64. The Kier molecular flexibility index (Phi) is 5.47. The number of carbonyl (C=O) groups is 2. The number of nitrogens with one attached hydrogen (secondary N) is 1. The smallest absolute Gasteiger partial charge is 0.238 e. The Morgan fingerprint density at radius 2 is 2.19 bits per heavy atom. The van der Waals surface area contributed by atoms with E-state index in [2.05, 4.69) is 10.2 Å². The number of likely N-dealkylation sites (tertiary alicyclic amines) is 1. The third-order valence-corrected chi connectivity index (χ3v) is 3.92. The minimum Gasteiger partial charge on any atom is -0.329 e. The van der Waals surface area contributed by atoms with Gasteiger partial charge in [-0.15, -0.1) is 0 Å². The molecule has 21 heavy (non-hydrogen) atoms. The number of benzene rings is 1. The Morgan fingerprint density at radius 1 is 1.38 bits per heavy atom. The molecule has 0 saturated carbocycles. The van der Waals surface area contributed by atoms with E-state index in [1.165, 1.54) is 13.3 Å². The third kappa shape index (κ3) is 4.37. The van der Waals surface area contributed by atoms with Gasteiger partial charge in [-0.25, -0.2) is 0 Å². The van der Waals surface area contributed by atoms with Crippen molar-refractivity contribution in [2.75, 3.05) is 25.0 Å². The molecule has 1 amide bonds. The molecule has 0 aromatic heterocycles. The molecule has 0 bridgehead atoms. The summed E-state index contributed by atoms with van der Waals surface area (Å²) in [5.74, 6) is -0.0682. The van der Waals surface area contributed by atoms with Crippen LogP contribution in [-0.2, 0) is 4.79 Å². The molecule has 114 valence electrons. The zero-order valence-corrected chi connectivity index (χ0v) is 12.5. The van der Waals surface area contributed by atoms with Crippen molar-refractivity contribution in [3.8, 4) is 0 Å². The van der Waals surface area contributed by atoms with E-state index in [1.54, 1.807) is 24.3 Å². The topological polar surface area (TPSA) is 75.4 Å². The number of amides is 1. The van der Waals surface area contributed by atoms with E-state index >= 15 is 0 Å². The molecular formula is C16H23N3O2.